The van der Waals surface area contributed by atoms with Crippen molar-refractivity contribution in [2.24, 2.45) is 0 Å². The van der Waals surface area contributed by atoms with Crippen molar-refractivity contribution < 1.29 is 4.79 Å². The van der Waals surface area contributed by atoms with Crippen LogP contribution in [0.25, 0.3) is 11.0 Å². The van der Waals surface area contributed by atoms with E-state index in [0.717, 1.165) is 36.2 Å². The third-order valence-corrected chi connectivity index (χ3v) is 4.95. The number of anilines is 1. The van der Waals surface area contributed by atoms with Gasteiger partial charge in [-0.15, -0.1) is 0 Å². The number of nitrogens with zero attached hydrogens (tertiary/aromatic N) is 2. The molecule has 0 aliphatic carbocycles. The number of aromatic nitrogens is 2. The Morgan fingerprint density at radius 2 is 2.00 bits per heavy atom. The van der Waals surface area contributed by atoms with Gasteiger partial charge in [-0.2, -0.15) is 0 Å². The van der Waals surface area contributed by atoms with Crippen molar-refractivity contribution in [2.45, 2.75) is 18.8 Å². The fraction of sp³-hybridized carbons (Fsp3) is 0.263. The van der Waals surface area contributed by atoms with E-state index in [4.69, 9.17) is 16.6 Å². The molecule has 0 unspecified atom stereocenters. The first-order chi connectivity index (χ1) is 12.2. The van der Waals surface area contributed by atoms with Gasteiger partial charge in [-0.05, 0) is 37.1 Å². The van der Waals surface area contributed by atoms with Crippen LogP contribution in [0.3, 0.4) is 0 Å². The second kappa shape index (κ2) is 6.76. The Balaban J connectivity index is 1.48. The van der Waals surface area contributed by atoms with Gasteiger partial charge in [-0.25, -0.2) is 9.78 Å². The SMILES string of the molecule is O=C(Nc1ccccc1Cl)N1CCC[C@H](c2nc3ccccc3[nH]2)C1. The van der Waals surface area contributed by atoms with Crippen molar-refractivity contribution >= 4 is 34.4 Å². The topological polar surface area (TPSA) is 61.0 Å². The van der Waals surface area contributed by atoms with Crippen molar-refractivity contribution in [3.63, 3.8) is 0 Å². The van der Waals surface area contributed by atoms with Gasteiger partial charge in [0.15, 0.2) is 0 Å². The minimum atomic E-state index is -0.117. The molecule has 1 fully saturated rings. The molecule has 1 atom stereocenters. The number of para-hydroxylation sites is 3. The predicted octanol–water partition coefficient (Wildman–Crippen LogP) is 4.63. The molecule has 1 aliphatic rings. The Hall–Kier alpha value is -2.53. The summed E-state index contributed by atoms with van der Waals surface area (Å²) in [5.74, 6) is 1.18. The monoisotopic (exact) mass is 354 g/mol. The summed E-state index contributed by atoms with van der Waals surface area (Å²) >= 11 is 6.13. The zero-order chi connectivity index (χ0) is 17.2. The van der Waals surface area contributed by atoms with Crippen molar-refractivity contribution in [3.8, 4) is 0 Å². The Morgan fingerprint density at radius 3 is 2.84 bits per heavy atom. The number of benzene rings is 2. The summed E-state index contributed by atoms with van der Waals surface area (Å²) in [7, 11) is 0. The van der Waals surface area contributed by atoms with Crippen LogP contribution in [-0.2, 0) is 0 Å². The van der Waals surface area contributed by atoms with E-state index in [9.17, 15) is 4.79 Å². The number of halogens is 1. The van der Waals surface area contributed by atoms with Gasteiger partial charge in [-0.3, -0.25) is 0 Å². The van der Waals surface area contributed by atoms with Gasteiger partial charge >= 0.3 is 6.03 Å². The normalized spacial score (nSPS) is 17.6. The van der Waals surface area contributed by atoms with Crippen molar-refractivity contribution in [1.29, 1.82) is 0 Å². The number of nitrogens with one attached hydrogen (secondary N) is 2. The van der Waals surface area contributed by atoms with E-state index in [1.165, 1.54) is 0 Å². The summed E-state index contributed by atoms with van der Waals surface area (Å²) in [6, 6.07) is 15.2. The summed E-state index contributed by atoms with van der Waals surface area (Å²) in [4.78, 5) is 22.5. The highest BCUT2D eigenvalue weighted by Gasteiger charge is 2.27. The molecule has 0 spiro atoms. The second-order valence-electron chi connectivity index (χ2n) is 6.33. The molecule has 128 valence electrons. The van der Waals surface area contributed by atoms with Crippen LogP contribution >= 0.6 is 11.6 Å². The number of amides is 2. The summed E-state index contributed by atoms with van der Waals surface area (Å²) in [6.45, 7) is 1.39. The lowest BCUT2D eigenvalue weighted by molar-refractivity contribution is 0.191. The summed E-state index contributed by atoms with van der Waals surface area (Å²) < 4.78 is 0. The summed E-state index contributed by atoms with van der Waals surface area (Å²) in [5.41, 5.74) is 2.64. The van der Waals surface area contributed by atoms with E-state index in [1.54, 1.807) is 12.1 Å². The van der Waals surface area contributed by atoms with Crippen molar-refractivity contribution in [1.82, 2.24) is 14.9 Å². The number of carbonyl (C=O) groups is 1. The molecule has 2 N–H and O–H groups in total. The number of aromatic amines is 1. The molecule has 4 rings (SSSR count). The maximum Gasteiger partial charge on any atom is 0.321 e. The maximum absolute atomic E-state index is 12.6. The largest absolute Gasteiger partial charge is 0.342 e. The standard InChI is InChI=1S/C19H19ClN4O/c20-14-7-1-2-8-15(14)23-19(25)24-11-5-6-13(12-24)18-21-16-9-3-4-10-17(16)22-18/h1-4,7-10,13H,5-6,11-12H2,(H,21,22)(H,23,25)/t13-/m0/s1. The van der Waals surface area contributed by atoms with Crippen LogP contribution in [0.15, 0.2) is 48.5 Å². The number of hydrogen-bond donors (Lipinski definition) is 2. The van der Waals surface area contributed by atoms with E-state index in [2.05, 4.69) is 10.3 Å². The van der Waals surface area contributed by atoms with E-state index in [1.807, 2.05) is 41.3 Å². The fourth-order valence-electron chi connectivity index (χ4n) is 3.31. The molecule has 2 aromatic carbocycles. The van der Waals surface area contributed by atoms with Gasteiger partial charge in [0.05, 0.1) is 21.7 Å². The van der Waals surface area contributed by atoms with E-state index < -0.39 is 0 Å². The summed E-state index contributed by atoms with van der Waals surface area (Å²) in [6.07, 6.45) is 1.98. The zero-order valence-corrected chi connectivity index (χ0v) is 14.5. The first kappa shape index (κ1) is 16.0. The molecular formula is C19H19ClN4O. The van der Waals surface area contributed by atoms with Gasteiger partial charge < -0.3 is 15.2 Å². The van der Waals surface area contributed by atoms with Crippen LogP contribution in [0.2, 0.25) is 5.02 Å². The molecule has 25 heavy (non-hydrogen) atoms. The van der Waals surface area contributed by atoms with Crippen LogP contribution in [0.5, 0.6) is 0 Å². The first-order valence-corrected chi connectivity index (χ1v) is 8.83. The average Bonchev–Trinajstić information content (AvgIpc) is 3.08. The van der Waals surface area contributed by atoms with Crippen molar-refractivity contribution in [3.05, 3.63) is 59.4 Å². The number of imidazole rings is 1. The van der Waals surface area contributed by atoms with Crippen molar-refractivity contribution in [2.75, 3.05) is 18.4 Å². The zero-order valence-electron chi connectivity index (χ0n) is 13.7. The number of H-pyrrole nitrogens is 1. The minimum absolute atomic E-state index is 0.117. The molecular weight excluding hydrogens is 336 g/mol. The molecule has 2 amide bonds. The molecule has 6 heteroatoms. The molecule has 3 aromatic rings. The molecule has 5 nitrogen and oxygen atoms in total. The van der Waals surface area contributed by atoms with Crippen LogP contribution in [0, 0.1) is 0 Å². The molecule has 0 saturated carbocycles. The molecule has 1 aromatic heterocycles. The Morgan fingerprint density at radius 1 is 1.20 bits per heavy atom. The lowest BCUT2D eigenvalue weighted by Crippen LogP contribution is -2.41. The lowest BCUT2D eigenvalue weighted by Gasteiger charge is -2.32. The van der Waals surface area contributed by atoms with Crippen LogP contribution in [0.1, 0.15) is 24.6 Å². The predicted molar refractivity (Wildman–Crippen MR) is 100 cm³/mol. The van der Waals surface area contributed by atoms with E-state index in [-0.39, 0.29) is 11.9 Å². The molecule has 0 bridgehead atoms. The smallest absolute Gasteiger partial charge is 0.321 e. The minimum Gasteiger partial charge on any atom is -0.342 e. The highest BCUT2D eigenvalue weighted by Crippen LogP contribution is 2.28. The Labute approximate surface area is 151 Å². The molecule has 1 aliphatic heterocycles. The number of carbonyl (C=O) groups excluding carboxylic acids is 1. The quantitative estimate of drug-likeness (QED) is 0.705. The maximum atomic E-state index is 12.6. The Bertz CT molecular complexity index is 874. The average molecular weight is 355 g/mol. The highest BCUT2D eigenvalue weighted by molar-refractivity contribution is 6.33. The second-order valence-corrected chi connectivity index (χ2v) is 6.74. The number of hydrogen-bond acceptors (Lipinski definition) is 2. The number of urea groups is 1. The van der Waals surface area contributed by atoms with E-state index in [0.29, 0.717) is 17.3 Å². The highest BCUT2D eigenvalue weighted by atomic mass is 35.5. The molecule has 1 saturated heterocycles. The van der Waals surface area contributed by atoms with Gasteiger partial charge in [0.25, 0.3) is 0 Å². The van der Waals surface area contributed by atoms with Crippen LogP contribution in [-0.4, -0.2) is 34.0 Å². The molecule has 0 radical (unpaired) electrons. The Kier molecular flexibility index (Phi) is 4.32. The molecule has 2 heterocycles. The van der Waals surface area contributed by atoms with Gasteiger partial charge in [0.1, 0.15) is 5.82 Å². The fourth-order valence-corrected chi connectivity index (χ4v) is 3.49. The lowest BCUT2D eigenvalue weighted by atomic mass is 9.97. The number of rotatable bonds is 2. The van der Waals surface area contributed by atoms with E-state index >= 15 is 0 Å². The third-order valence-electron chi connectivity index (χ3n) is 4.62. The number of piperidine rings is 1. The number of fused-ring (bicyclic) bond motifs is 1. The number of likely N-dealkylation sites (tertiary alicyclic amines) is 1. The van der Waals surface area contributed by atoms with Crippen LogP contribution in [0.4, 0.5) is 10.5 Å². The first-order valence-electron chi connectivity index (χ1n) is 8.46. The van der Waals surface area contributed by atoms with Gasteiger partial charge in [0.2, 0.25) is 0 Å². The third kappa shape index (κ3) is 3.33. The van der Waals surface area contributed by atoms with Gasteiger partial charge in [0, 0.05) is 19.0 Å². The summed E-state index contributed by atoms with van der Waals surface area (Å²) in [5, 5.41) is 3.45. The van der Waals surface area contributed by atoms with Crippen LogP contribution < -0.4 is 5.32 Å². The van der Waals surface area contributed by atoms with Gasteiger partial charge in [-0.1, -0.05) is 35.9 Å².